The molecule has 0 saturated heterocycles. The maximum absolute atomic E-state index is 10.2. The zero-order valence-electron chi connectivity index (χ0n) is 14.0. The highest BCUT2D eigenvalue weighted by Crippen LogP contribution is 2.28. The molecule has 3 rings (SSSR count). The Balaban J connectivity index is 1.58. The van der Waals surface area contributed by atoms with Crippen LogP contribution in [0.4, 0.5) is 0 Å². The molecule has 0 spiro atoms. The van der Waals surface area contributed by atoms with Gasteiger partial charge in [-0.05, 0) is 30.4 Å². The van der Waals surface area contributed by atoms with Crippen LogP contribution in [0.5, 0.6) is 5.75 Å². The smallest absolute Gasteiger partial charge is 0.127 e. The SMILES string of the molecule is N=Cc1ccc(OCC(O)CNC2CCCCC2)c2ccccc12. The number of aliphatic hydroxyl groups is 1. The van der Waals surface area contributed by atoms with E-state index in [1.165, 1.54) is 38.3 Å². The minimum atomic E-state index is -0.520. The number of hydrogen-bond acceptors (Lipinski definition) is 4. The Morgan fingerprint density at radius 1 is 1.12 bits per heavy atom. The molecule has 0 amide bonds. The number of hydrogen-bond donors (Lipinski definition) is 3. The number of fused-ring (bicyclic) bond motifs is 1. The number of benzene rings is 2. The molecule has 4 nitrogen and oxygen atoms in total. The zero-order chi connectivity index (χ0) is 16.8. The van der Waals surface area contributed by atoms with Gasteiger partial charge in [-0.25, -0.2) is 0 Å². The van der Waals surface area contributed by atoms with Crippen molar-refractivity contribution >= 4 is 17.0 Å². The van der Waals surface area contributed by atoms with Crippen molar-refractivity contribution in [1.82, 2.24) is 5.32 Å². The number of rotatable bonds is 7. The van der Waals surface area contributed by atoms with E-state index in [1.807, 2.05) is 36.4 Å². The maximum Gasteiger partial charge on any atom is 0.127 e. The molecule has 1 unspecified atom stereocenters. The van der Waals surface area contributed by atoms with E-state index in [9.17, 15) is 5.11 Å². The van der Waals surface area contributed by atoms with Gasteiger partial charge in [-0.3, -0.25) is 0 Å². The van der Waals surface area contributed by atoms with Crippen LogP contribution in [0.1, 0.15) is 37.7 Å². The van der Waals surface area contributed by atoms with Gasteiger partial charge in [0, 0.05) is 29.8 Å². The van der Waals surface area contributed by atoms with Gasteiger partial charge in [0.25, 0.3) is 0 Å². The molecule has 0 heterocycles. The summed E-state index contributed by atoms with van der Waals surface area (Å²) in [5.74, 6) is 0.757. The first kappa shape index (κ1) is 16.9. The van der Waals surface area contributed by atoms with Crippen molar-refractivity contribution in [3.63, 3.8) is 0 Å². The monoisotopic (exact) mass is 326 g/mol. The lowest BCUT2D eigenvalue weighted by Crippen LogP contribution is -2.38. The van der Waals surface area contributed by atoms with Gasteiger partial charge in [-0.1, -0.05) is 43.5 Å². The van der Waals surface area contributed by atoms with Gasteiger partial charge in [0.2, 0.25) is 0 Å². The first-order chi connectivity index (χ1) is 11.8. The molecule has 128 valence electrons. The van der Waals surface area contributed by atoms with E-state index in [1.54, 1.807) is 0 Å². The van der Waals surface area contributed by atoms with Crippen LogP contribution < -0.4 is 10.1 Å². The molecular formula is C20H26N2O2. The summed E-state index contributed by atoms with van der Waals surface area (Å²) in [5, 5.41) is 23.1. The van der Waals surface area contributed by atoms with Crippen molar-refractivity contribution in [2.45, 2.75) is 44.2 Å². The van der Waals surface area contributed by atoms with Crippen molar-refractivity contribution in [3.05, 3.63) is 42.0 Å². The van der Waals surface area contributed by atoms with Crippen molar-refractivity contribution in [1.29, 1.82) is 5.41 Å². The molecule has 0 aromatic heterocycles. The summed E-state index contributed by atoms with van der Waals surface area (Å²) in [6.07, 6.45) is 7.17. The molecule has 1 aliphatic carbocycles. The van der Waals surface area contributed by atoms with Gasteiger partial charge in [0.15, 0.2) is 0 Å². The van der Waals surface area contributed by atoms with E-state index < -0.39 is 6.10 Å². The van der Waals surface area contributed by atoms with Gasteiger partial charge in [0.05, 0.1) is 0 Å². The first-order valence-corrected chi connectivity index (χ1v) is 8.84. The van der Waals surface area contributed by atoms with E-state index in [0.29, 0.717) is 12.6 Å². The normalized spacial score (nSPS) is 16.9. The van der Waals surface area contributed by atoms with Crippen LogP contribution in [0, 0.1) is 5.41 Å². The first-order valence-electron chi connectivity index (χ1n) is 8.84. The van der Waals surface area contributed by atoms with E-state index >= 15 is 0 Å². The highest BCUT2D eigenvalue weighted by Gasteiger charge is 2.15. The minimum Gasteiger partial charge on any atom is -0.490 e. The van der Waals surface area contributed by atoms with Crippen molar-refractivity contribution in [2.75, 3.05) is 13.2 Å². The minimum absolute atomic E-state index is 0.271. The van der Waals surface area contributed by atoms with Crippen molar-refractivity contribution < 1.29 is 9.84 Å². The molecule has 1 aliphatic rings. The lowest BCUT2D eigenvalue weighted by Gasteiger charge is -2.24. The third kappa shape index (κ3) is 4.13. The lowest BCUT2D eigenvalue weighted by molar-refractivity contribution is 0.102. The summed E-state index contributed by atoms with van der Waals surface area (Å²) in [4.78, 5) is 0. The fourth-order valence-corrected chi connectivity index (χ4v) is 3.40. The quantitative estimate of drug-likeness (QED) is 0.682. The molecule has 1 saturated carbocycles. The van der Waals surface area contributed by atoms with Crippen LogP contribution in [0.25, 0.3) is 10.8 Å². The van der Waals surface area contributed by atoms with Crippen LogP contribution in [0.15, 0.2) is 36.4 Å². The Labute approximate surface area is 143 Å². The Morgan fingerprint density at radius 3 is 2.62 bits per heavy atom. The Hall–Kier alpha value is -1.91. The molecule has 4 heteroatoms. The largest absolute Gasteiger partial charge is 0.490 e. The van der Waals surface area contributed by atoms with E-state index in [0.717, 1.165) is 22.1 Å². The summed E-state index contributed by atoms with van der Waals surface area (Å²) >= 11 is 0. The molecule has 2 aromatic rings. The molecular weight excluding hydrogens is 300 g/mol. The van der Waals surface area contributed by atoms with E-state index in [2.05, 4.69) is 5.32 Å². The van der Waals surface area contributed by atoms with Crippen LogP contribution in [0.3, 0.4) is 0 Å². The molecule has 3 N–H and O–H groups in total. The number of ether oxygens (including phenoxy) is 1. The molecule has 24 heavy (non-hydrogen) atoms. The van der Waals surface area contributed by atoms with Gasteiger partial charge < -0.3 is 20.6 Å². The summed E-state index contributed by atoms with van der Waals surface area (Å²) in [5.41, 5.74) is 0.873. The lowest BCUT2D eigenvalue weighted by atomic mass is 9.95. The molecule has 1 atom stereocenters. The number of aliphatic hydroxyl groups excluding tert-OH is 1. The fraction of sp³-hybridized carbons (Fsp3) is 0.450. The van der Waals surface area contributed by atoms with Gasteiger partial charge in [0.1, 0.15) is 18.5 Å². The predicted octanol–water partition coefficient (Wildman–Crippen LogP) is 3.50. The van der Waals surface area contributed by atoms with Crippen molar-refractivity contribution in [3.8, 4) is 5.75 Å². The van der Waals surface area contributed by atoms with Gasteiger partial charge in [-0.15, -0.1) is 0 Å². The van der Waals surface area contributed by atoms with Crippen LogP contribution in [0.2, 0.25) is 0 Å². The van der Waals surface area contributed by atoms with Gasteiger partial charge in [-0.2, -0.15) is 0 Å². The zero-order valence-corrected chi connectivity index (χ0v) is 14.0. The highest BCUT2D eigenvalue weighted by atomic mass is 16.5. The molecule has 0 aliphatic heterocycles. The Morgan fingerprint density at radius 2 is 1.88 bits per heavy atom. The van der Waals surface area contributed by atoms with Crippen LogP contribution in [-0.2, 0) is 0 Å². The second-order valence-corrected chi connectivity index (χ2v) is 6.55. The second kappa shape index (κ2) is 8.27. The van der Waals surface area contributed by atoms with E-state index in [4.69, 9.17) is 10.1 Å². The van der Waals surface area contributed by atoms with Crippen molar-refractivity contribution in [2.24, 2.45) is 0 Å². The maximum atomic E-state index is 10.2. The third-order valence-electron chi connectivity index (χ3n) is 4.75. The number of nitrogens with one attached hydrogen (secondary N) is 2. The molecule has 2 aromatic carbocycles. The fourth-order valence-electron chi connectivity index (χ4n) is 3.40. The highest BCUT2D eigenvalue weighted by molar-refractivity contribution is 6.01. The Kier molecular flexibility index (Phi) is 5.83. The van der Waals surface area contributed by atoms with Crippen LogP contribution in [-0.4, -0.2) is 36.6 Å². The molecule has 0 bridgehead atoms. The topological polar surface area (TPSA) is 65.3 Å². The average molecular weight is 326 g/mol. The summed E-state index contributed by atoms with van der Waals surface area (Å²) in [6, 6.07) is 12.2. The second-order valence-electron chi connectivity index (χ2n) is 6.55. The van der Waals surface area contributed by atoms with E-state index in [-0.39, 0.29) is 6.61 Å². The molecule has 0 radical (unpaired) electrons. The summed E-state index contributed by atoms with van der Waals surface area (Å²) in [6.45, 7) is 0.842. The third-order valence-corrected chi connectivity index (χ3v) is 4.75. The Bertz CT molecular complexity index is 680. The van der Waals surface area contributed by atoms with Crippen LogP contribution >= 0.6 is 0 Å². The predicted molar refractivity (Wildman–Crippen MR) is 98.2 cm³/mol. The summed E-state index contributed by atoms with van der Waals surface area (Å²) < 4.78 is 5.86. The molecule has 1 fully saturated rings. The van der Waals surface area contributed by atoms with Gasteiger partial charge >= 0.3 is 0 Å². The summed E-state index contributed by atoms with van der Waals surface area (Å²) in [7, 11) is 0. The standard InChI is InChI=1S/C20H26N2O2/c21-12-15-10-11-20(19-9-5-4-8-18(15)19)24-14-17(23)13-22-16-6-2-1-3-7-16/h4-5,8-12,16-17,21-23H,1-3,6-7,13-14H2. The average Bonchev–Trinajstić information content (AvgIpc) is 2.65.